The molecule has 0 amide bonds. The lowest BCUT2D eigenvalue weighted by molar-refractivity contribution is 0.340. The van der Waals surface area contributed by atoms with Crippen LogP contribution in [-0.2, 0) is 9.84 Å². The molecule has 0 saturated heterocycles. The van der Waals surface area contributed by atoms with Crippen LogP contribution in [0.25, 0.3) is 0 Å². The summed E-state index contributed by atoms with van der Waals surface area (Å²) in [4.78, 5) is 0. The van der Waals surface area contributed by atoms with Gasteiger partial charge in [0.25, 0.3) is 0 Å². The molecule has 1 rings (SSSR count). The standard InChI is InChI=1S/C12H17Cl2NO3S/c1-4-18-12-6-9(13)8(5-10(12)14)11(15-2)7-19(3,16)17/h5-6,11,15H,4,7H2,1-3H3. The van der Waals surface area contributed by atoms with Gasteiger partial charge in [0.05, 0.1) is 17.4 Å². The molecule has 1 aromatic rings. The minimum atomic E-state index is -3.13. The molecule has 0 spiro atoms. The molecule has 0 aromatic heterocycles. The Morgan fingerprint density at radius 1 is 1.32 bits per heavy atom. The second-order valence-electron chi connectivity index (χ2n) is 4.17. The maximum Gasteiger partial charge on any atom is 0.149 e. The Labute approximate surface area is 124 Å². The first-order chi connectivity index (χ1) is 8.78. The average molecular weight is 326 g/mol. The van der Waals surface area contributed by atoms with Crippen LogP contribution in [0, 0.1) is 0 Å². The molecule has 108 valence electrons. The summed E-state index contributed by atoms with van der Waals surface area (Å²) >= 11 is 12.3. The molecule has 0 heterocycles. The summed E-state index contributed by atoms with van der Waals surface area (Å²) < 4.78 is 28.1. The Morgan fingerprint density at radius 3 is 2.42 bits per heavy atom. The number of ether oxygens (including phenoxy) is 1. The first-order valence-electron chi connectivity index (χ1n) is 5.75. The molecule has 4 nitrogen and oxygen atoms in total. The maximum absolute atomic E-state index is 11.4. The van der Waals surface area contributed by atoms with E-state index in [1.54, 1.807) is 19.2 Å². The molecule has 0 aliphatic carbocycles. The normalized spacial score (nSPS) is 13.3. The quantitative estimate of drug-likeness (QED) is 0.873. The Bertz CT molecular complexity index is 546. The molecule has 1 aromatic carbocycles. The number of halogens is 2. The highest BCUT2D eigenvalue weighted by molar-refractivity contribution is 7.90. The van der Waals surface area contributed by atoms with Crippen molar-refractivity contribution in [3.8, 4) is 5.75 Å². The number of benzene rings is 1. The van der Waals surface area contributed by atoms with Gasteiger partial charge in [0, 0.05) is 23.4 Å². The van der Waals surface area contributed by atoms with Crippen LogP contribution in [0.15, 0.2) is 12.1 Å². The van der Waals surface area contributed by atoms with Crippen LogP contribution in [-0.4, -0.2) is 34.1 Å². The second-order valence-corrected chi connectivity index (χ2v) is 7.17. The Morgan fingerprint density at radius 2 is 1.95 bits per heavy atom. The Hall–Kier alpha value is -0.490. The number of sulfone groups is 1. The summed E-state index contributed by atoms with van der Waals surface area (Å²) in [5.41, 5.74) is 0.642. The molecular weight excluding hydrogens is 309 g/mol. The van der Waals surface area contributed by atoms with Gasteiger partial charge >= 0.3 is 0 Å². The molecule has 0 aliphatic rings. The highest BCUT2D eigenvalue weighted by atomic mass is 35.5. The zero-order valence-electron chi connectivity index (χ0n) is 11.0. The molecule has 0 bridgehead atoms. The topological polar surface area (TPSA) is 55.4 Å². The molecule has 0 saturated carbocycles. The zero-order chi connectivity index (χ0) is 14.6. The third-order valence-corrected chi connectivity index (χ3v) is 4.11. The summed E-state index contributed by atoms with van der Waals surface area (Å²) in [6.45, 7) is 2.33. The van der Waals surface area contributed by atoms with E-state index in [2.05, 4.69) is 5.32 Å². The van der Waals surface area contributed by atoms with E-state index in [1.165, 1.54) is 6.26 Å². The van der Waals surface area contributed by atoms with Crippen molar-refractivity contribution in [2.75, 3.05) is 25.7 Å². The molecule has 0 radical (unpaired) electrons. The van der Waals surface area contributed by atoms with Gasteiger partial charge in [0.1, 0.15) is 15.6 Å². The van der Waals surface area contributed by atoms with Crippen molar-refractivity contribution < 1.29 is 13.2 Å². The molecular formula is C12H17Cl2NO3S. The first-order valence-corrected chi connectivity index (χ1v) is 8.56. The summed E-state index contributed by atoms with van der Waals surface area (Å²) in [5, 5.41) is 3.77. The number of rotatable bonds is 6. The van der Waals surface area contributed by atoms with E-state index >= 15 is 0 Å². The van der Waals surface area contributed by atoms with Crippen molar-refractivity contribution in [3.05, 3.63) is 27.7 Å². The summed E-state index contributed by atoms with van der Waals surface area (Å²) in [7, 11) is -1.45. The van der Waals surface area contributed by atoms with Gasteiger partial charge in [-0.05, 0) is 25.6 Å². The van der Waals surface area contributed by atoms with E-state index in [4.69, 9.17) is 27.9 Å². The predicted octanol–water partition coefficient (Wildman–Crippen LogP) is 2.70. The van der Waals surface area contributed by atoms with Crippen LogP contribution in [0.3, 0.4) is 0 Å². The first kappa shape index (κ1) is 16.6. The molecule has 1 unspecified atom stereocenters. The van der Waals surface area contributed by atoms with Gasteiger partial charge in [-0.1, -0.05) is 23.2 Å². The van der Waals surface area contributed by atoms with Crippen molar-refractivity contribution in [2.45, 2.75) is 13.0 Å². The fourth-order valence-corrected chi connectivity index (χ4v) is 3.17. The van der Waals surface area contributed by atoms with Crippen LogP contribution in [0.5, 0.6) is 5.75 Å². The lowest BCUT2D eigenvalue weighted by Crippen LogP contribution is -2.25. The smallest absolute Gasteiger partial charge is 0.149 e. The SMILES string of the molecule is CCOc1cc(Cl)c(C(CS(C)(=O)=O)NC)cc1Cl. The number of hydrogen-bond acceptors (Lipinski definition) is 4. The second kappa shape index (κ2) is 6.79. The largest absolute Gasteiger partial charge is 0.492 e. The Balaban J connectivity index is 3.15. The fourth-order valence-electron chi connectivity index (χ4n) is 1.71. The van der Waals surface area contributed by atoms with Crippen molar-refractivity contribution >= 4 is 33.0 Å². The van der Waals surface area contributed by atoms with Crippen molar-refractivity contribution in [3.63, 3.8) is 0 Å². The zero-order valence-corrected chi connectivity index (χ0v) is 13.4. The minimum Gasteiger partial charge on any atom is -0.492 e. The van der Waals surface area contributed by atoms with E-state index < -0.39 is 15.9 Å². The summed E-state index contributed by atoms with van der Waals surface area (Å²) in [6, 6.07) is 2.84. The van der Waals surface area contributed by atoms with E-state index in [0.29, 0.717) is 28.0 Å². The predicted molar refractivity (Wildman–Crippen MR) is 79.1 cm³/mol. The molecule has 1 atom stereocenters. The minimum absolute atomic E-state index is 0.0481. The molecule has 0 aliphatic heterocycles. The Kier molecular flexibility index (Phi) is 5.92. The van der Waals surface area contributed by atoms with Crippen molar-refractivity contribution in [1.82, 2.24) is 5.32 Å². The molecule has 19 heavy (non-hydrogen) atoms. The lowest BCUT2D eigenvalue weighted by atomic mass is 10.1. The molecule has 7 heteroatoms. The van der Waals surface area contributed by atoms with Crippen LogP contribution in [0.4, 0.5) is 0 Å². The van der Waals surface area contributed by atoms with E-state index in [0.717, 1.165) is 0 Å². The highest BCUT2D eigenvalue weighted by Gasteiger charge is 2.20. The van der Waals surface area contributed by atoms with Crippen molar-refractivity contribution in [1.29, 1.82) is 0 Å². The van der Waals surface area contributed by atoms with Gasteiger partial charge in [0.15, 0.2) is 0 Å². The number of hydrogen-bond donors (Lipinski definition) is 1. The van der Waals surface area contributed by atoms with Crippen LogP contribution < -0.4 is 10.1 Å². The van der Waals surface area contributed by atoms with Gasteiger partial charge in [-0.3, -0.25) is 0 Å². The van der Waals surface area contributed by atoms with E-state index in [-0.39, 0.29) is 5.75 Å². The lowest BCUT2D eigenvalue weighted by Gasteiger charge is -2.18. The number of nitrogens with one attached hydrogen (secondary N) is 1. The van der Waals surface area contributed by atoms with Gasteiger partial charge in [0.2, 0.25) is 0 Å². The molecule has 0 fully saturated rings. The third kappa shape index (κ3) is 4.84. The van der Waals surface area contributed by atoms with Crippen LogP contribution >= 0.6 is 23.2 Å². The van der Waals surface area contributed by atoms with E-state index in [9.17, 15) is 8.42 Å². The third-order valence-electron chi connectivity index (χ3n) is 2.54. The van der Waals surface area contributed by atoms with Crippen LogP contribution in [0.2, 0.25) is 10.0 Å². The van der Waals surface area contributed by atoms with Gasteiger partial charge in [-0.2, -0.15) is 0 Å². The maximum atomic E-state index is 11.4. The average Bonchev–Trinajstić information content (AvgIpc) is 2.30. The highest BCUT2D eigenvalue weighted by Crippen LogP contribution is 2.34. The van der Waals surface area contributed by atoms with Gasteiger partial charge in [-0.15, -0.1) is 0 Å². The monoisotopic (exact) mass is 325 g/mol. The van der Waals surface area contributed by atoms with E-state index in [1.807, 2.05) is 6.92 Å². The summed E-state index contributed by atoms with van der Waals surface area (Å²) in [6.07, 6.45) is 1.18. The van der Waals surface area contributed by atoms with Crippen LogP contribution in [0.1, 0.15) is 18.5 Å². The summed E-state index contributed by atoms with van der Waals surface area (Å²) in [5.74, 6) is 0.445. The van der Waals surface area contributed by atoms with Gasteiger partial charge < -0.3 is 10.1 Å². The molecule has 1 N–H and O–H groups in total. The van der Waals surface area contributed by atoms with Gasteiger partial charge in [-0.25, -0.2) is 8.42 Å². The fraction of sp³-hybridized carbons (Fsp3) is 0.500. The van der Waals surface area contributed by atoms with Crippen molar-refractivity contribution in [2.24, 2.45) is 0 Å².